The lowest BCUT2D eigenvalue weighted by atomic mass is 10.2. The summed E-state index contributed by atoms with van der Waals surface area (Å²) in [5.41, 5.74) is 1.40. The molecule has 0 radical (unpaired) electrons. The van der Waals surface area contributed by atoms with Gasteiger partial charge in [-0.25, -0.2) is 9.97 Å². The summed E-state index contributed by atoms with van der Waals surface area (Å²) >= 11 is 7.67. The summed E-state index contributed by atoms with van der Waals surface area (Å²) < 4.78 is 0. The van der Waals surface area contributed by atoms with Gasteiger partial charge in [-0.1, -0.05) is 29.8 Å². The van der Waals surface area contributed by atoms with Gasteiger partial charge in [-0.3, -0.25) is 9.59 Å². The first-order valence-corrected chi connectivity index (χ1v) is 8.28. The van der Waals surface area contributed by atoms with Gasteiger partial charge < -0.3 is 10.3 Å². The molecule has 24 heavy (non-hydrogen) atoms. The van der Waals surface area contributed by atoms with E-state index in [0.717, 1.165) is 27.2 Å². The van der Waals surface area contributed by atoms with Gasteiger partial charge in [0.05, 0.1) is 23.6 Å². The molecule has 122 valence electrons. The van der Waals surface area contributed by atoms with Gasteiger partial charge in [0.1, 0.15) is 10.7 Å². The average molecular weight is 361 g/mol. The van der Waals surface area contributed by atoms with Crippen molar-refractivity contribution in [3.05, 3.63) is 68.3 Å². The predicted molar refractivity (Wildman–Crippen MR) is 93.3 cm³/mol. The Balaban J connectivity index is 1.76. The Labute approximate surface area is 146 Å². The maximum atomic E-state index is 12.0. The SMILES string of the molecule is Cc1nc(-c2ccccc2Cl)sc1CNC(=O)c1cc(=O)[nH]cn1. The van der Waals surface area contributed by atoms with E-state index in [1.807, 2.05) is 31.2 Å². The molecule has 3 aromatic rings. The quantitative estimate of drug-likeness (QED) is 0.748. The van der Waals surface area contributed by atoms with Crippen LogP contribution in [0.25, 0.3) is 10.6 Å². The molecule has 2 heterocycles. The number of amides is 1. The summed E-state index contributed by atoms with van der Waals surface area (Å²) in [7, 11) is 0. The van der Waals surface area contributed by atoms with Crippen LogP contribution >= 0.6 is 22.9 Å². The predicted octanol–water partition coefficient (Wildman–Crippen LogP) is 2.79. The second-order valence-electron chi connectivity index (χ2n) is 4.99. The highest BCUT2D eigenvalue weighted by atomic mass is 35.5. The van der Waals surface area contributed by atoms with Gasteiger partial charge >= 0.3 is 0 Å². The number of rotatable bonds is 4. The number of carbonyl (C=O) groups excluding carboxylic acids is 1. The van der Waals surface area contributed by atoms with Crippen LogP contribution in [0.4, 0.5) is 0 Å². The molecular weight excluding hydrogens is 348 g/mol. The molecule has 2 aromatic heterocycles. The summed E-state index contributed by atoms with van der Waals surface area (Å²) in [6.07, 6.45) is 1.20. The molecule has 0 saturated carbocycles. The minimum absolute atomic E-state index is 0.0762. The number of aromatic amines is 1. The minimum atomic E-state index is -0.409. The van der Waals surface area contributed by atoms with Gasteiger partial charge in [0, 0.05) is 16.5 Å². The van der Waals surface area contributed by atoms with E-state index < -0.39 is 5.91 Å². The number of thiazole rings is 1. The largest absolute Gasteiger partial charge is 0.346 e. The van der Waals surface area contributed by atoms with Crippen LogP contribution in [0.15, 0.2) is 41.5 Å². The van der Waals surface area contributed by atoms with E-state index in [-0.39, 0.29) is 11.3 Å². The van der Waals surface area contributed by atoms with Crippen molar-refractivity contribution < 1.29 is 4.79 Å². The van der Waals surface area contributed by atoms with Crippen molar-refractivity contribution in [1.29, 1.82) is 0 Å². The average Bonchev–Trinajstić information content (AvgIpc) is 2.93. The number of carbonyl (C=O) groups is 1. The number of nitrogens with one attached hydrogen (secondary N) is 2. The Morgan fingerprint density at radius 1 is 1.38 bits per heavy atom. The number of aromatic nitrogens is 3. The summed E-state index contributed by atoms with van der Waals surface area (Å²) in [5, 5.41) is 4.18. The van der Waals surface area contributed by atoms with Crippen molar-refractivity contribution in [3.63, 3.8) is 0 Å². The summed E-state index contributed by atoms with van der Waals surface area (Å²) in [6, 6.07) is 8.64. The third-order valence-electron chi connectivity index (χ3n) is 3.32. The molecule has 1 amide bonds. The van der Waals surface area contributed by atoms with Crippen LogP contribution in [0, 0.1) is 6.92 Å². The van der Waals surface area contributed by atoms with Gasteiger partial charge in [-0.05, 0) is 13.0 Å². The van der Waals surface area contributed by atoms with Gasteiger partial charge in [0.2, 0.25) is 0 Å². The first-order chi connectivity index (χ1) is 11.5. The van der Waals surface area contributed by atoms with Crippen LogP contribution in [-0.2, 0) is 6.54 Å². The summed E-state index contributed by atoms with van der Waals surface area (Å²) in [6.45, 7) is 2.19. The number of aryl methyl sites for hydroxylation is 1. The number of halogens is 1. The van der Waals surface area contributed by atoms with Crippen LogP contribution in [-0.4, -0.2) is 20.9 Å². The van der Waals surface area contributed by atoms with Crippen molar-refractivity contribution >= 4 is 28.8 Å². The molecule has 0 aliphatic heterocycles. The fourth-order valence-electron chi connectivity index (χ4n) is 2.09. The zero-order valence-corrected chi connectivity index (χ0v) is 14.2. The molecule has 6 nitrogen and oxygen atoms in total. The molecule has 8 heteroatoms. The highest BCUT2D eigenvalue weighted by molar-refractivity contribution is 7.15. The number of H-pyrrole nitrogens is 1. The second-order valence-corrected chi connectivity index (χ2v) is 6.48. The Hall–Kier alpha value is -2.51. The topological polar surface area (TPSA) is 87.7 Å². The van der Waals surface area contributed by atoms with Crippen molar-refractivity contribution in [2.75, 3.05) is 0 Å². The number of benzene rings is 1. The van der Waals surface area contributed by atoms with Gasteiger partial charge in [-0.2, -0.15) is 0 Å². The van der Waals surface area contributed by atoms with E-state index in [1.165, 1.54) is 17.7 Å². The van der Waals surface area contributed by atoms with Crippen LogP contribution < -0.4 is 10.9 Å². The smallest absolute Gasteiger partial charge is 0.270 e. The van der Waals surface area contributed by atoms with Crippen LogP contribution in [0.1, 0.15) is 21.1 Å². The lowest BCUT2D eigenvalue weighted by Gasteiger charge is -2.02. The van der Waals surface area contributed by atoms with E-state index >= 15 is 0 Å². The fourth-order valence-corrected chi connectivity index (χ4v) is 3.41. The fraction of sp³-hybridized carbons (Fsp3) is 0.125. The molecule has 3 rings (SSSR count). The summed E-state index contributed by atoms with van der Waals surface area (Å²) in [4.78, 5) is 34.9. The van der Waals surface area contributed by atoms with Gasteiger partial charge in [0.15, 0.2) is 0 Å². The Morgan fingerprint density at radius 3 is 2.92 bits per heavy atom. The zero-order valence-electron chi connectivity index (χ0n) is 12.7. The molecule has 0 saturated heterocycles. The molecule has 0 aliphatic carbocycles. The van der Waals surface area contributed by atoms with Crippen molar-refractivity contribution in [2.24, 2.45) is 0 Å². The van der Waals surface area contributed by atoms with Crippen LogP contribution in [0.5, 0.6) is 0 Å². The molecule has 0 fully saturated rings. The van der Waals surface area contributed by atoms with E-state index in [1.54, 1.807) is 0 Å². The van der Waals surface area contributed by atoms with Gasteiger partial charge in [-0.15, -0.1) is 11.3 Å². The lowest BCUT2D eigenvalue weighted by molar-refractivity contribution is 0.0946. The van der Waals surface area contributed by atoms with Gasteiger partial charge in [0.25, 0.3) is 11.5 Å². The Kier molecular flexibility index (Phi) is 4.73. The summed E-state index contributed by atoms with van der Waals surface area (Å²) in [5.74, 6) is -0.409. The molecule has 0 bridgehead atoms. The van der Waals surface area contributed by atoms with E-state index in [2.05, 4.69) is 20.3 Å². The highest BCUT2D eigenvalue weighted by Gasteiger charge is 2.13. The molecule has 2 N–H and O–H groups in total. The van der Waals surface area contributed by atoms with Crippen molar-refractivity contribution in [3.8, 4) is 10.6 Å². The zero-order chi connectivity index (χ0) is 17.1. The molecule has 0 atom stereocenters. The lowest BCUT2D eigenvalue weighted by Crippen LogP contribution is -2.25. The Morgan fingerprint density at radius 2 is 2.17 bits per heavy atom. The molecule has 1 aromatic carbocycles. The highest BCUT2D eigenvalue weighted by Crippen LogP contribution is 2.32. The minimum Gasteiger partial charge on any atom is -0.346 e. The van der Waals surface area contributed by atoms with Crippen molar-refractivity contribution in [2.45, 2.75) is 13.5 Å². The first kappa shape index (κ1) is 16.4. The Bertz CT molecular complexity index is 951. The van der Waals surface area contributed by atoms with Crippen LogP contribution in [0.2, 0.25) is 5.02 Å². The van der Waals surface area contributed by atoms with E-state index in [9.17, 15) is 9.59 Å². The third-order valence-corrected chi connectivity index (χ3v) is 4.84. The maximum absolute atomic E-state index is 12.0. The standard InChI is InChI=1S/C16H13ClN4O2S/c1-9-13(7-18-15(23)12-6-14(22)20-8-19-12)24-16(21-9)10-4-2-3-5-11(10)17/h2-6,8H,7H2,1H3,(H,18,23)(H,19,20,22). The van der Waals surface area contributed by atoms with E-state index in [0.29, 0.717) is 11.6 Å². The molecule has 0 unspecified atom stereocenters. The number of nitrogens with zero attached hydrogens (tertiary/aromatic N) is 2. The molecule has 0 spiro atoms. The monoisotopic (exact) mass is 360 g/mol. The molecule has 0 aliphatic rings. The maximum Gasteiger partial charge on any atom is 0.270 e. The number of hydrogen-bond donors (Lipinski definition) is 2. The van der Waals surface area contributed by atoms with Crippen LogP contribution in [0.3, 0.4) is 0 Å². The van der Waals surface area contributed by atoms with Crippen molar-refractivity contribution in [1.82, 2.24) is 20.3 Å². The van der Waals surface area contributed by atoms with E-state index in [4.69, 9.17) is 11.6 Å². The first-order valence-electron chi connectivity index (χ1n) is 7.08. The molecular formula is C16H13ClN4O2S. The normalized spacial score (nSPS) is 10.6. The number of hydrogen-bond acceptors (Lipinski definition) is 5. The third kappa shape index (κ3) is 3.52. The second kappa shape index (κ2) is 6.94.